The third kappa shape index (κ3) is 2.46. The first-order valence-electron chi connectivity index (χ1n) is 4.75. The maximum Gasteiger partial charge on any atom is 0.240 e. The Hall–Kier alpha value is -1.01. The molecule has 1 rings (SSSR count). The van der Waals surface area contributed by atoms with Crippen LogP contribution in [0.3, 0.4) is 0 Å². The summed E-state index contributed by atoms with van der Waals surface area (Å²) in [6.45, 7) is 4.10. The molecule has 0 radical (unpaired) electrons. The second kappa shape index (κ2) is 4.88. The second-order valence-electron chi connectivity index (χ2n) is 3.22. The van der Waals surface area contributed by atoms with E-state index in [1.165, 1.54) is 0 Å². The topological polar surface area (TPSA) is 32.3 Å². The smallest absolute Gasteiger partial charge is 0.240 e. The fourth-order valence-corrected chi connectivity index (χ4v) is 1.64. The van der Waals surface area contributed by atoms with Crippen LogP contribution in [0.2, 0.25) is 0 Å². The molecule has 1 atom stereocenters. The summed E-state index contributed by atoms with van der Waals surface area (Å²) in [6.07, 6.45) is 7.16. The number of rotatable bonds is 3. The van der Waals surface area contributed by atoms with Crippen molar-refractivity contribution in [2.75, 3.05) is 19.6 Å². The first kappa shape index (κ1) is 10.1. The number of likely N-dealkylation sites (tertiary alicyclic amines) is 1. The Kier molecular flexibility index (Phi) is 3.78. The van der Waals surface area contributed by atoms with Gasteiger partial charge in [-0.05, 0) is 19.4 Å². The van der Waals surface area contributed by atoms with E-state index < -0.39 is 0 Å². The number of hydrogen-bond acceptors (Lipinski definition) is 2. The largest absolute Gasteiger partial charge is 0.330 e. The van der Waals surface area contributed by atoms with Crippen molar-refractivity contribution in [3.8, 4) is 12.3 Å². The molecule has 0 spiro atoms. The molecule has 1 heterocycles. The van der Waals surface area contributed by atoms with E-state index in [0.29, 0.717) is 6.54 Å². The lowest BCUT2D eigenvalue weighted by atomic mass is 10.1. The molecule has 1 amide bonds. The minimum atomic E-state index is -0.00731. The average molecular weight is 180 g/mol. The molecule has 1 N–H and O–H groups in total. The van der Waals surface area contributed by atoms with Gasteiger partial charge in [0.1, 0.15) is 0 Å². The van der Waals surface area contributed by atoms with Crippen molar-refractivity contribution in [3.63, 3.8) is 0 Å². The minimum Gasteiger partial charge on any atom is -0.330 e. The number of carbonyl (C=O) groups is 1. The summed E-state index contributed by atoms with van der Waals surface area (Å²) in [7, 11) is 0. The van der Waals surface area contributed by atoms with Crippen molar-refractivity contribution >= 4 is 5.91 Å². The Morgan fingerprint density at radius 1 is 1.77 bits per heavy atom. The molecule has 0 aromatic rings. The number of carbonyl (C=O) groups excluding carboxylic acids is 1. The molecule has 1 fully saturated rings. The normalized spacial score (nSPS) is 22.9. The molecule has 3 heteroatoms. The third-order valence-electron chi connectivity index (χ3n) is 2.26. The van der Waals surface area contributed by atoms with Crippen LogP contribution in [-0.2, 0) is 4.79 Å². The standard InChI is InChI=1S/C10H16N2O/c1-3-7-12-8-5-6-9(10(12)13)11-4-2/h1,9,11H,4-8H2,2H3. The summed E-state index contributed by atoms with van der Waals surface area (Å²) in [5, 5.41) is 3.16. The van der Waals surface area contributed by atoms with Gasteiger partial charge in [0.05, 0.1) is 12.6 Å². The molecular formula is C10H16N2O. The number of amides is 1. The van der Waals surface area contributed by atoms with E-state index in [9.17, 15) is 4.79 Å². The van der Waals surface area contributed by atoms with Crippen molar-refractivity contribution in [3.05, 3.63) is 0 Å². The first-order valence-corrected chi connectivity index (χ1v) is 4.75. The highest BCUT2D eigenvalue weighted by Crippen LogP contribution is 2.10. The fourth-order valence-electron chi connectivity index (χ4n) is 1.64. The molecule has 72 valence electrons. The molecule has 0 saturated carbocycles. The lowest BCUT2D eigenvalue weighted by molar-refractivity contribution is -0.135. The van der Waals surface area contributed by atoms with Gasteiger partial charge in [0, 0.05) is 6.54 Å². The van der Waals surface area contributed by atoms with E-state index in [1.54, 1.807) is 4.90 Å². The van der Waals surface area contributed by atoms with Gasteiger partial charge in [0.15, 0.2) is 0 Å². The lowest BCUT2D eigenvalue weighted by Crippen LogP contribution is -2.50. The van der Waals surface area contributed by atoms with Gasteiger partial charge in [-0.15, -0.1) is 6.42 Å². The summed E-state index contributed by atoms with van der Waals surface area (Å²) in [6, 6.07) is -0.00731. The second-order valence-corrected chi connectivity index (χ2v) is 3.22. The number of nitrogens with one attached hydrogen (secondary N) is 1. The van der Waals surface area contributed by atoms with Gasteiger partial charge < -0.3 is 10.2 Å². The van der Waals surface area contributed by atoms with E-state index in [-0.39, 0.29) is 11.9 Å². The highest BCUT2D eigenvalue weighted by atomic mass is 16.2. The maximum absolute atomic E-state index is 11.7. The maximum atomic E-state index is 11.7. The Morgan fingerprint density at radius 3 is 3.15 bits per heavy atom. The summed E-state index contributed by atoms with van der Waals surface area (Å²) in [5.41, 5.74) is 0. The van der Waals surface area contributed by atoms with Crippen molar-refractivity contribution < 1.29 is 4.79 Å². The molecule has 0 bridgehead atoms. The SMILES string of the molecule is C#CCN1CCCC(NCC)C1=O. The quantitative estimate of drug-likeness (QED) is 0.630. The van der Waals surface area contributed by atoms with Gasteiger partial charge in [0.2, 0.25) is 5.91 Å². The van der Waals surface area contributed by atoms with Crippen LogP contribution in [-0.4, -0.2) is 36.5 Å². The van der Waals surface area contributed by atoms with E-state index in [1.807, 2.05) is 6.92 Å². The van der Waals surface area contributed by atoms with Crippen molar-refractivity contribution in [1.29, 1.82) is 0 Å². The van der Waals surface area contributed by atoms with Crippen LogP contribution in [0.5, 0.6) is 0 Å². The molecule has 0 aromatic heterocycles. The zero-order chi connectivity index (χ0) is 9.68. The van der Waals surface area contributed by atoms with Crippen molar-refractivity contribution in [1.82, 2.24) is 10.2 Å². The number of nitrogens with zero attached hydrogens (tertiary/aromatic N) is 1. The summed E-state index contributed by atoms with van der Waals surface area (Å²) in [5.74, 6) is 2.67. The van der Waals surface area contributed by atoms with Crippen LogP contribution in [0.15, 0.2) is 0 Å². The number of terminal acetylenes is 1. The van der Waals surface area contributed by atoms with Crippen LogP contribution in [0, 0.1) is 12.3 Å². The zero-order valence-electron chi connectivity index (χ0n) is 8.05. The van der Waals surface area contributed by atoms with Crippen LogP contribution in [0.25, 0.3) is 0 Å². The first-order chi connectivity index (χ1) is 6.29. The van der Waals surface area contributed by atoms with Gasteiger partial charge in [-0.1, -0.05) is 12.8 Å². The Balaban J connectivity index is 2.51. The van der Waals surface area contributed by atoms with Crippen LogP contribution < -0.4 is 5.32 Å². The summed E-state index contributed by atoms with van der Waals surface area (Å²) in [4.78, 5) is 13.4. The van der Waals surface area contributed by atoms with Gasteiger partial charge in [-0.25, -0.2) is 0 Å². The highest BCUT2D eigenvalue weighted by Gasteiger charge is 2.26. The summed E-state index contributed by atoms with van der Waals surface area (Å²) < 4.78 is 0. The van der Waals surface area contributed by atoms with E-state index in [2.05, 4.69) is 11.2 Å². The monoisotopic (exact) mass is 180 g/mol. The van der Waals surface area contributed by atoms with Crippen molar-refractivity contribution in [2.24, 2.45) is 0 Å². The summed E-state index contributed by atoms with van der Waals surface area (Å²) >= 11 is 0. The van der Waals surface area contributed by atoms with Crippen LogP contribution in [0.4, 0.5) is 0 Å². The molecule has 0 aliphatic carbocycles. The Morgan fingerprint density at radius 2 is 2.54 bits per heavy atom. The average Bonchev–Trinajstić information content (AvgIpc) is 2.13. The van der Waals surface area contributed by atoms with Gasteiger partial charge in [0.25, 0.3) is 0 Å². The molecule has 1 saturated heterocycles. The van der Waals surface area contributed by atoms with Gasteiger partial charge >= 0.3 is 0 Å². The third-order valence-corrected chi connectivity index (χ3v) is 2.26. The number of hydrogen-bond donors (Lipinski definition) is 1. The lowest BCUT2D eigenvalue weighted by Gasteiger charge is -2.31. The van der Waals surface area contributed by atoms with E-state index in [0.717, 1.165) is 25.9 Å². The van der Waals surface area contributed by atoms with Crippen LogP contribution in [0.1, 0.15) is 19.8 Å². The number of piperidine rings is 1. The van der Waals surface area contributed by atoms with Crippen molar-refractivity contribution in [2.45, 2.75) is 25.8 Å². The predicted molar refractivity (Wildman–Crippen MR) is 52.1 cm³/mol. The molecule has 3 nitrogen and oxygen atoms in total. The number of likely N-dealkylation sites (N-methyl/N-ethyl adjacent to an activating group) is 1. The molecule has 13 heavy (non-hydrogen) atoms. The van der Waals surface area contributed by atoms with E-state index in [4.69, 9.17) is 6.42 Å². The zero-order valence-corrected chi connectivity index (χ0v) is 8.05. The molecule has 1 aliphatic heterocycles. The highest BCUT2D eigenvalue weighted by molar-refractivity contribution is 5.82. The fraction of sp³-hybridized carbons (Fsp3) is 0.700. The van der Waals surface area contributed by atoms with E-state index >= 15 is 0 Å². The van der Waals surface area contributed by atoms with Gasteiger partial charge in [-0.2, -0.15) is 0 Å². The molecular weight excluding hydrogens is 164 g/mol. The Bertz CT molecular complexity index is 217. The van der Waals surface area contributed by atoms with Crippen LogP contribution >= 0.6 is 0 Å². The molecule has 0 aromatic carbocycles. The predicted octanol–water partition coefficient (Wildman–Crippen LogP) is 0.220. The minimum absolute atomic E-state index is 0.00731. The Labute approximate surface area is 79.5 Å². The van der Waals surface area contributed by atoms with Gasteiger partial charge in [-0.3, -0.25) is 4.79 Å². The molecule has 1 aliphatic rings. The molecule has 1 unspecified atom stereocenters.